The zero-order valence-corrected chi connectivity index (χ0v) is 25.5. The summed E-state index contributed by atoms with van der Waals surface area (Å²) >= 11 is 6.06. The highest BCUT2D eigenvalue weighted by Gasteiger charge is 2.60. The third-order valence-electron chi connectivity index (χ3n) is 8.98. The summed E-state index contributed by atoms with van der Waals surface area (Å²) in [5.74, 6) is -1.07. The number of pyridine rings is 1. The minimum Gasteiger partial charge on any atom is -0.337 e. The number of benzene rings is 2. The van der Waals surface area contributed by atoms with E-state index in [1.165, 1.54) is 47.4 Å². The largest absolute Gasteiger partial charge is 0.337 e. The molecule has 2 aliphatic heterocycles. The molecular weight excluding hydrogens is 619 g/mol. The second-order valence-corrected chi connectivity index (χ2v) is 13.9. The van der Waals surface area contributed by atoms with Crippen LogP contribution in [-0.4, -0.2) is 59.2 Å². The predicted octanol–water partition coefficient (Wildman–Crippen LogP) is 5.08. The highest BCUT2D eigenvalue weighted by Crippen LogP contribution is 2.59. The maximum atomic E-state index is 14.4. The average molecular weight is 647 g/mol. The van der Waals surface area contributed by atoms with Gasteiger partial charge in [0.25, 0.3) is 21.8 Å². The van der Waals surface area contributed by atoms with Crippen LogP contribution in [0.2, 0.25) is 5.02 Å². The number of aromatic nitrogens is 3. The molecule has 1 unspecified atom stereocenters. The predicted molar refractivity (Wildman–Crippen MR) is 165 cm³/mol. The summed E-state index contributed by atoms with van der Waals surface area (Å²) in [5.41, 5.74) is 1.58. The normalized spacial score (nSPS) is 18.9. The van der Waals surface area contributed by atoms with Crippen molar-refractivity contribution in [3.63, 3.8) is 0 Å². The van der Waals surface area contributed by atoms with Crippen molar-refractivity contribution in [2.45, 2.75) is 42.0 Å². The summed E-state index contributed by atoms with van der Waals surface area (Å²) in [6.45, 7) is 0.736. The lowest BCUT2D eigenvalue weighted by Gasteiger charge is -2.45. The first kappa shape index (κ1) is 29.3. The molecule has 4 heterocycles. The van der Waals surface area contributed by atoms with E-state index in [2.05, 4.69) is 20.3 Å². The number of sulfonamides is 1. The molecule has 10 nitrogen and oxygen atoms in total. The van der Waals surface area contributed by atoms with Crippen LogP contribution in [0.15, 0.2) is 84.4 Å². The molecule has 45 heavy (non-hydrogen) atoms. The number of anilines is 2. The molecule has 1 saturated carbocycles. The van der Waals surface area contributed by atoms with Gasteiger partial charge < -0.3 is 10.2 Å². The SMILES string of the molecule is O=C(Nc1cncc(Cl)c1)c1ccc2c(c1)C1(CCN(C(=O)c3cnccn3)CC1)C(C1CC1)N2S(=O)(=O)c1ccc(F)cc1. The lowest BCUT2D eigenvalue weighted by Crippen LogP contribution is -2.54. The number of carbonyl (C=O) groups excluding carboxylic acids is 2. The van der Waals surface area contributed by atoms with Crippen LogP contribution in [0.3, 0.4) is 0 Å². The number of nitrogens with one attached hydrogen (secondary N) is 1. The van der Waals surface area contributed by atoms with Crippen LogP contribution in [0.4, 0.5) is 15.8 Å². The molecule has 1 aliphatic carbocycles. The number of nitrogens with zero attached hydrogens (tertiary/aromatic N) is 5. The Balaban J connectivity index is 1.30. The number of fused-ring (bicyclic) bond motifs is 2. The Morgan fingerprint density at radius 3 is 2.38 bits per heavy atom. The molecule has 3 aliphatic rings. The van der Waals surface area contributed by atoms with E-state index >= 15 is 0 Å². The number of rotatable bonds is 6. The van der Waals surface area contributed by atoms with Gasteiger partial charge in [-0.1, -0.05) is 11.6 Å². The third kappa shape index (κ3) is 5.21. The van der Waals surface area contributed by atoms with Crippen LogP contribution in [0.5, 0.6) is 0 Å². The number of amides is 2. The molecule has 1 spiro atoms. The second-order valence-electron chi connectivity index (χ2n) is 11.7. The van der Waals surface area contributed by atoms with Gasteiger partial charge in [0, 0.05) is 42.7 Å². The summed E-state index contributed by atoms with van der Waals surface area (Å²) in [7, 11) is -4.11. The Kier molecular flexibility index (Phi) is 7.28. The number of carbonyl (C=O) groups is 2. The van der Waals surface area contributed by atoms with Crippen molar-refractivity contribution in [3.8, 4) is 0 Å². The maximum Gasteiger partial charge on any atom is 0.274 e. The van der Waals surface area contributed by atoms with Crippen molar-refractivity contribution >= 4 is 44.8 Å². The van der Waals surface area contributed by atoms with Gasteiger partial charge in [-0.05, 0) is 85.7 Å². The fraction of sp³-hybridized carbons (Fsp3) is 0.281. The van der Waals surface area contributed by atoms with Crippen LogP contribution >= 0.6 is 11.6 Å². The molecule has 230 valence electrons. The summed E-state index contributed by atoms with van der Waals surface area (Å²) in [5, 5.41) is 3.19. The molecule has 1 atom stereocenters. The maximum absolute atomic E-state index is 14.4. The molecule has 4 aromatic rings. The Morgan fingerprint density at radius 1 is 0.956 bits per heavy atom. The highest BCUT2D eigenvalue weighted by molar-refractivity contribution is 7.92. The first-order valence-electron chi connectivity index (χ1n) is 14.6. The van der Waals surface area contributed by atoms with Gasteiger partial charge in [0.05, 0.1) is 39.7 Å². The Hall–Kier alpha value is -4.42. The van der Waals surface area contributed by atoms with Crippen LogP contribution in [0.25, 0.3) is 0 Å². The van der Waals surface area contributed by atoms with Crippen molar-refractivity contribution < 1.29 is 22.4 Å². The van der Waals surface area contributed by atoms with E-state index in [4.69, 9.17) is 11.6 Å². The number of hydrogen-bond donors (Lipinski definition) is 1. The molecule has 1 saturated heterocycles. The second kappa shape index (κ2) is 11.2. The van der Waals surface area contributed by atoms with Gasteiger partial charge in [0.15, 0.2) is 0 Å². The fourth-order valence-corrected chi connectivity index (χ4v) is 8.76. The number of likely N-dealkylation sites (tertiary alicyclic amines) is 1. The van der Waals surface area contributed by atoms with Gasteiger partial charge in [-0.15, -0.1) is 0 Å². The minimum absolute atomic E-state index is 0.0110. The van der Waals surface area contributed by atoms with Gasteiger partial charge >= 0.3 is 0 Å². The molecule has 13 heteroatoms. The van der Waals surface area contributed by atoms with E-state index < -0.39 is 33.2 Å². The molecule has 7 rings (SSSR count). The van der Waals surface area contributed by atoms with Gasteiger partial charge in [-0.25, -0.2) is 17.8 Å². The van der Waals surface area contributed by atoms with E-state index in [1.54, 1.807) is 29.2 Å². The highest BCUT2D eigenvalue weighted by atomic mass is 35.5. The standard InChI is InChI=1S/C32H28ClFN6O4S/c33-22-16-24(18-36-17-22)38-30(41)21-3-8-28-26(15-21)32(9-13-39(14-10-32)31(42)27-19-35-11-12-37-27)29(20-1-2-20)40(28)45(43,44)25-6-4-23(34)5-7-25/h3-8,11-12,15-20,29H,1-2,9-10,13-14H2,(H,38,41). The number of halogens is 2. The van der Waals surface area contributed by atoms with Crippen molar-refractivity contribution in [1.82, 2.24) is 19.9 Å². The van der Waals surface area contributed by atoms with Crippen molar-refractivity contribution in [3.05, 3.63) is 107 Å². The van der Waals surface area contributed by atoms with E-state index in [-0.39, 0.29) is 22.4 Å². The van der Waals surface area contributed by atoms with E-state index in [0.29, 0.717) is 47.9 Å². The van der Waals surface area contributed by atoms with Crippen LogP contribution < -0.4 is 9.62 Å². The zero-order valence-electron chi connectivity index (χ0n) is 23.9. The van der Waals surface area contributed by atoms with E-state index in [9.17, 15) is 22.4 Å². The van der Waals surface area contributed by atoms with Crippen LogP contribution in [-0.2, 0) is 15.4 Å². The van der Waals surface area contributed by atoms with Crippen LogP contribution in [0, 0.1) is 11.7 Å². The van der Waals surface area contributed by atoms with Crippen molar-refractivity contribution in [2.24, 2.45) is 5.92 Å². The molecule has 2 aromatic carbocycles. The number of hydrogen-bond acceptors (Lipinski definition) is 7. The summed E-state index contributed by atoms with van der Waals surface area (Å²) in [6.07, 6.45) is 10.0. The first-order chi connectivity index (χ1) is 21.7. The molecule has 1 N–H and O–H groups in total. The van der Waals surface area contributed by atoms with Gasteiger partial charge in [-0.3, -0.25) is 23.9 Å². The van der Waals surface area contributed by atoms with Crippen molar-refractivity contribution in [2.75, 3.05) is 22.7 Å². The minimum atomic E-state index is -4.11. The summed E-state index contributed by atoms with van der Waals surface area (Å²) in [6, 6.07) is 11.1. The molecule has 2 aromatic heterocycles. The van der Waals surface area contributed by atoms with Gasteiger partial charge in [-0.2, -0.15) is 0 Å². The Bertz CT molecular complexity index is 1900. The average Bonchev–Trinajstić information content (AvgIpc) is 3.85. The van der Waals surface area contributed by atoms with E-state index in [1.807, 2.05) is 0 Å². The summed E-state index contributed by atoms with van der Waals surface area (Å²) < 4.78 is 44.0. The summed E-state index contributed by atoms with van der Waals surface area (Å²) in [4.78, 5) is 40.6. The zero-order chi connectivity index (χ0) is 31.3. The fourth-order valence-electron chi connectivity index (χ4n) is 6.78. The lowest BCUT2D eigenvalue weighted by atomic mass is 9.68. The quantitative estimate of drug-likeness (QED) is 0.310. The number of piperidine rings is 1. The monoisotopic (exact) mass is 646 g/mol. The Labute approximate surface area is 264 Å². The molecular formula is C32H28ClFN6O4S. The third-order valence-corrected chi connectivity index (χ3v) is 11.0. The lowest BCUT2D eigenvalue weighted by molar-refractivity contribution is 0.0641. The van der Waals surface area contributed by atoms with Crippen LogP contribution in [0.1, 0.15) is 52.1 Å². The van der Waals surface area contributed by atoms with E-state index in [0.717, 1.165) is 30.5 Å². The van der Waals surface area contributed by atoms with Crippen molar-refractivity contribution in [1.29, 1.82) is 0 Å². The molecule has 0 radical (unpaired) electrons. The molecule has 0 bridgehead atoms. The molecule has 2 amide bonds. The smallest absolute Gasteiger partial charge is 0.274 e. The Morgan fingerprint density at radius 2 is 1.71 bits per heavy atom. The first-order valence-corrected chi connectivity index (χ1v) is 16.4. The van der Waals surface area contributed by atoms with Gasteiger partial charge in [0.2, 0.25) is 0 Å². The van der Waals surface area contributed by atoms with Gasteiger partial charge in [0.1, 0.15) is 11.5 Å². The molecule has 2 fully saturated rings. The topological polar surface area (TPSA) is 125 Å².